The lowest BCUT2D eigenvalue weighted by molar-refractivity contribution is -0.140. The maximum atomic E-state index is 13.2. The second-order valence-corrected chi connectivity index (χ2v) is 10.7. The summed E-state index contributed by atoms with van der Waals surface area (Å²) in [4.78, 5) is 16.2. The van der Waals surface area contributed by atoms with Crippen LogP contribution in [0.2, 0.25) is 0 Å². The van der Waals surface area contributed by atoms with Gasteiger partial charge >= 0.3 is 5.97 Å². The summed E-state index contributed by atoms with van der Waals surface area (Å²) in [5.41, 5.74) is 2.14. The third-order valence-electron chi connectivity index (χ3n) is 5.07. The average molecular weight is 439 g/mol. The molecule has 0 spiro atoms. The van der Waals surface area contributed by atoms with Crippen LogP contribution in [0.5, 0.6) is 0 Å². The van der Waals surface area contributed by atoms with Crippen molar-refractivity contribution in [2.75, 3.05) is 0 Å². The van der Waals surface area contributed by atoms with Gasteiger partial charge in [-0.15, -0.1) is 11.3 Å². The van der Waals surface area contributed by atoms with Crippen LogP contribution in [0.4, 0.5) is 0 Å². The number of carboxylic acids is 1. The zero-order valence-corrected chi connectivity index (χ0v) is 18.3. The lowest BCUT2D eigenvalue weighted by Gasteiger charge is -2.21. The summed E-state index contributed by atoms with van der Waals surface area (Å²) < 4.78 is 18.1. The number of aliphatic carboxylic acids is 1. The van der Waals surface area contributed by atoms with Crippen molar-refractivity contribution in [3.63, 3.8) is 0 Å². The van der Waals surface area contributed by atoms with Gasteiger partial charge in [-0.1, -0.05) is 32.0 Å². The monoisotopic (exact) mass is 438 g/mol. The molecule has 7 heteroatoms. The molecular formula is C23H22N2O3S2. The van der Waals surface area contributed by atoms with Crippen LogP contribution in [0, 0.1) is 5.92 Å². The molecule has 2 N–H and O–H groups in total. The van der Waals surface area contributed by atoms with E-state index < -0.39 is 21.7 Å². The minimum absolute atomic E-state index is 0.218. The second kappa shape index (κ2) is 7.83. The number of hydrogen-bond donors (Lipinski definition) is 2. The van der Waals surface area contributed by atoms with E-state index in [0.29, 0.717) is 4.90 Å². The number of nitrogens with one attached hydrogen (secondary N) is 1. The molecule has 2 aromatic heterocycles. The van der Waals surface area contributed by atoms with Gasteiger partial charge in [0.2, 0.25) is 0 Å². The lowest BCUT2D eigenvalue weighted by Crippen LogP contribution is -2.44. The molecule has 2 heterocycles. The molecule has 0 aliphatic rings. The number of fused-ring (bicyclic) bond motifs is 3. The molecule has 0 aliphatic carbocycles. The van der Waals surface area contributed by atoms with Gasteiger partial charge in [0.05, 0.1) is 9.71 Å². The Hall–Kier alpha value is -2.74. The number of pyridine rings is 1. The Morgan fingerprint density at radius 1 is 1.10 bits per heavy atom. The van der Waals surface area contributed by atoms with E-state index in [9.17, 15) is 14.1 Å². The number of hydrogen-bond acceptors (Lipinski definition) is 4. The number of carbonyl (C=O) groups is 1. The first kappa shape index (κ1) is 20.5. The number of nitrogens with zero attached hydrogens (tertiary/aromatic N) is 1. The summed E-state index contributed by atoms with van der Waals surface area (Å²) in [5, 5.41) is 11.6. The van der Waals surface area contributed by atoms with Gasteiger partial charge in [0.15, 0.2) is 0 Å². The standard InChI is InChI=1S/C23H22N2O3S2/c1-14(2)22(23(26)27)25-30(3,28)17-7-8-18-19-11-15(16-5-4-10-24-13-16)6-9-20(19)29-21(18)12-17/h4-14,22H,3H2,1-2H3,(H,25,28)(H,26,27)/t22-,30?/m0/s1. The van der Waals surface area contributed by atoms with Gasteiger partial charge in [0, 0.05) is 43.0 Å². The number of rotatable bonds is 6. The normalized spacial score (nSPS) is 14.8. The summed E-state index contributed by atoms with van der Waals surface area (Å²) in [6, 6.07) is 14.9. The Morgan fingerprint density at radius 3 is 2.57 bits per heavy atom. The maximum Gasteiger partial charge on any atom is 0.321 e. The summed E-state index contributed by atoms with van der Waals surface area (Å²) >= 11 is 1.61. The quantitative estimate of drug-likeness (QED) is 0.424. The molecule has 0 amide bonds. The minimum atomic E-state index is -2.96. The fraction of sp³-hybridized carbons (Fsp3) is 0.174. The topological polar surface area (TPSA) is 79.3 Å². The Bertz CT molecular complexity index is 1340. The van der Waals surface area contributed by atoms with E-state index in [-0.39, 0.29) is 5.92 Å². The Balaban J connectivity index is 1.76. The molecule has 30 heavy (non-hydrogen) atoms. The summed E-state index contributed by atoms with van der Waals surface area (Å²) in [7, 11) is -2.96. The summed E-state index contributed by atoms with van der Waals surface area (Å²) in [6.45, 7) is 3.55. The highest BCUT2D eigenvalue weighted by Crippen LogP contribution is 2.37. The van der Waals surface area contributed by atoms with Gasteiger partial charge in [0.25, 0.3) is 0 Å². The molecule has 0 saturated heterocycles. The molecule has 2 atom stereocenters. The van der Waals surface area contributed by atoms with Crippen molar-refractivity contribution in [2.24, 2.45) is 5.92 Å². The fourth-order valence-corrected chi connectivity index (χ4v) is 6.14. The first-order chi connectivity index (χ1) is 14.3. The fourth-order valence-electron chi connectivity index (χ4n) is 3.42. The Labute approximate surface area is 179 Å². The van der Waals surface area contributed by atoms with E-state index in [1.54, 1.807) is 37.4 Å². The SMILES string of the molecule is C=S(=O)(N[C@H](C(=O)O)C(C)C)c1ccc2c(c1)sc1ccc(-c3cccnc3)cc12. The molecule has 0 radical (unpaired) electrons. The van der Waals surface area contributed by atoms with Crippen molar-refractivity contribution in [3.05, 3.63) is 60.9 Å². The smallest absolute Gasteiger partial charge is 0.321 e. The van der Waals surface area contributed by atoms with Gasteiger partial charge in [-0.25, -0.2) is 8.93 Å². The van der Waals surface area contributed by atoms with Gasteiger partial charge in [0.1, 0.15) is 6.04 Å². The Kier molecular flexibility index (Phi) is 5.36. The number of carboxylic acid groups (broad SMARTS) is 1. The number of thiophene rings is 1. The zero-order valence-electron chi connectivity index (χ0n) is 16.7. The van der Waals surface area contributed by atoms with Crippen molar-refractivity contribution < 1.29 is 14.1 Å². The van der Waals surface area contributed by atoms with Crippen molar-refractivity contribution in [2.45, 2.75) is 24.8 Å². The molecule has 1 unspecified atom stereocenters. The van der Waals surface area contributed by atoms with E-state index >= 15 is 0 Å². The van der Waals surface area contributed by atoms with Gasteiger partial charge in [-0.2, -0.15) is 0 Å². The van der Waals surface area contributed by atoms with Crippen LogP contribution < -0.4 is 4.72 Å². The zero-order chi connectivity index (χ0) is 21.5. The summed E-state index contributed by atoms with van der Waals surface area (Å²) in [6.07, 6.45) is 3.59. The molecule has 4 rings (SSSR count). The van der Waals surface area contributed by atoms with Crippen LogP contribution in [-0.4, -0.2) is 32.2 Å². The highest BCUT2D eigenvalue weighted by molar-refractivity contribution is 7.98. The first-order valence-corrected chi connectivity index (χ1v) is 12.0. The molecule has 154 valence electrons. The second-order valence-electron chi connectivity index (χ2n) is 7.57. The highest BCUT2D eigenvalue weighted by atomic mass is 32.2. The molecule has 0 saturated carbocycles. The van der Waals surface area contributed by atoms with Crippen molar-refractivity contribution in [3.8, 4) is 11.1 Å². The van der Waals surface area contributed by atoms with E-state index in [4.69, 9.17) is 0 Å². The molecule has 2 aromatic carbocycles. The van der Waals surface area contributed by atoms with Crippen molar-refractivity contribution in [1.29, 1.82) is 0 Å². The van der Waals surface area contributed by atoms with Gasteiger partial charge in [-0.05, 0) is 47.7 Å². The van der Waals surface area contributed by atoms with E-state index in [1.807, 2.05) is 30.5 Å². The van der Waals surface area contributed by atoms with Crippen LogP contribution in [0.15, 0.2) is 65.8 Å². The van der Waals surface area contributed by atoms with Crippen molar-refractivity contribution in [1.82, 2.24) is 9.71 Å². The summed E-state index contributed by atoms with van der Waals surface area (Å²) in [5.74, 6) is 2.56. The molecule has 5 nitrogen and oxygen atoms in total. The predicted octanol–water partition coefficient (Wildman–Crippen LogP) is 4.81. The van der Waals surface area contributed by atoms with E-state index in [1.165, 1.54) is 0 Å². The van der Waals surface area contributed by atoms with Gasteiger partial charge < -0.3 is 5.11 Å². The molecule has 4 aromatic rings. The largest absolute Gasteiger partial charge is 0.480 e. The number of aromatic nitrogens is 1. The third-order valence-corrected chi connectivity index (χ3v) is 7.85. The predicted molar refractivity (Wildman–Crippen MR) is 125 cm³/mol. The van der Waals surface area contributed by atoms with Gasteiger partial charge in [-0.3, -0.25) is 9.78 Å². The maximum absolute atomic E-state index is 13.2. The van der Waals surface area contributed by atoms with Crippen LogP contribution >= 0.6 is 11.3 Å². The van der Waals surface area contributed by atoms with Crippen LogP contribution in [0.3, 0.4) is 0 Å². The average Bonchev–Trinajstić information content (AvgIpc) is 3.09. The van der Waals surface area contributed by atoms with E-state index in [2.05, 4.69) is 33.8 Å². The van der Waals surface area contributed by atoms with E-state index in [0.717, 1.165) is 31.3 Å². The lowest BCUT2D eigenvalue weighted by atomic mass is 10.0. The van der Waals surface area contributed by atoms with Crippen molar-refractivity contribution >= 4 is 53.1 Å². The van der Waals surface area contributed by atoms with Crippen LogP contribution in [0.25, 0.3) is 31.3 Å². The number of benzene rings is 2. The molecule has 0 bridgehead atoms. The Morgan fingerprint density at radius 2 is 1.90 bits per heavy atom. The highest BCUT2D eigenvalue weighted by Gasteiger charge is 2.25. The van der Waals surface area contributed by atoms with Crippen LogP contribution in [0.1, 0.15) is 13.8 Å². The minimum Gasteiger partial charge on any atom is -0.480 e. The first-order valence-electron chi connectivity index (χ1n) is 9.50. The molecular weight excluding hydrogens is 416 g/mol. The van der Waals surface area contributed by atoms with Crippen LogP contribution in [-0.2, 0) is 14.5 Å². The molecule has 0 fully saturated rings. The third kappa shape index (κ3) is 3.84. The molecule has 0 aliphatic heterocycles.